The van der Waals surface area contributed by atoms with Crippen molar-refractivity contribution in [3.63, 3.8) is 0 Å². The summed E-state index contributed by atoms with van der Waals surface area (Å²) in [7, 11) is 0. The van der Waals surface area contributed by atoms with E-state index in [1.54, 1.807) is 4.90 Å². The summed E-state index contributed by atoms with van der Waals surface area (Å²) in [5.74, 6) is 1.53. The third kappa shape index (κ3) is 4.52. The van der Waals surface area contributed by atoms with Crippen LogP contribution >= 0.6 is 0 Å². The number of ether oxygens (including phenoxy) is 1. The number of nitrogens with zero attached hydrogens (tertiary/aromatic N) is 2. The molecule has 2 N–H and O–H groups in total. The number of rotatable bonds is 5. The molecule has 3 amide bonds. The van der Waals surface area contributed by atoms with Gasteiger partial charge >= 0.3 is 6.03 Å². The number of hydrogen-bond donors (Lipinski definition) is 2. The van der Waals surface area contributed by atoms with Crippen LogP contribution in [0.2, 0.25) is 0 Å². The highest BCUT2D eigenvalue weighted by Gasteiger charge is 2.54. The number of hydrogen-bond acceptors (Lipinski definition) is 4. The van der Waals surface area contributed by atoms with E-state index >= 15 is 0 Å². The maximum atomic E-state index is 12.6. The maximum absolute atomic E-state index is 12.6. The molecule has 5 aliphatic rings. The van der Waals surface area contributed by atoms with Crippen molar-refractivity contribution in [1.29, 1.82) is 0 Å². The third-order valence-corrected chi connectivity index (χ3v) is 7.96. The molecule has 1 spiro atoms. The van der Waals surface area contributed by atoms with Crippen molar-refractivity contribution in [3.05, 3.63) is 35.8 Å². The highest BCUT2D eigenvalue weighted by atomic mass is 16.5. The molecule has 3 fully saturated rings. The lowest BCUT2D eigenvalue weighted by Gasteiger charge is -2.33. The molecule has 1 unspecified atom stereocenters. The van der Waals surface area contributed by atoms with Gasteiger partial charge in [-0.15, -0.1) is 0 Å². The third-order valence-electron chi connectivity index (χ3n) is 7.96. The Bertz CT molecular complexity index is 804. The molecule has 0 bridgehead atoms. The summed E-state index contributed by atoms with van der Waals surface area (Å²) in [5.41, 5.74) is 2.59. The van der Waals surface area contributed by atoms with E-state index in [2.05, 4.69) is 15.5 Å². The first-order valence-corrected chi connectivity index (χ1v) is 11.9. The molecular weight excluding hydrogens is 392 g/mol. The van der Waals surface area contributed by atoms with Crippen molar-refractivity contribution in [3.8, 4) is 0 Å². The largest absolute Gasteiger partial charge is 0.381 e. The average molecular weight is 427 g/mol. The predicted molar refractivity (Wildman–Crippen MR) is 118 cm³/mol. The molecule has 0 aromatic carbocycles. The fraction of sp³-hybridized carbons (Fsp3) is 0.667. The van der Waals surface area contributed by atoms with E-state index in [-0.39, 0.29) is 6.03 Å². The number of carbonyl (C=O) groups is 2. The lowest BCUT2D eigenvalue weighted by Crippen LogP contribution is -2.41. The van der Waals surface area contributed by atoms with Crippen LogP contribution in [0.4, 0.5) is 4.79 Å². The van der Waals surface area contributed by atoms with Gasteiger partial charge in [0.2, 0.25) is 5.91 Å². The van der Waals surface area contributed by atoms with Crippen molar-refractivity contribution >= 4 is 11.9 Å². The minimum atomic E-state index is -0.0148. The minimum Gasteiger partial charge on any atom is -0.381 e. The van der Waals surface area contributed by atoms with E-state index in [0.29, 0.717) is 36.1 Å². The van der Waals surface area contributed by atoms with E-state index in [4.69, 9.17) is 4.74 Å². The van der Waals surface area contributed by atoms with Gasteiger partial charge in [0.15, 0.2) is 0 Å². The second kappa shape index (κ2) is 8.69. The molecule has 31 heavy (non-hydrogen) atoms. The molecule has 1 saturated carbocycles. The Morgan fingerprint density at radius 2 is 2.03 bits per heavy atom. The van der Waals surface area contributed by atoms with Gasteiger partial charge in [-0.2, -0.15) is 0 Å². The first kappa shape index (κ1) is 20.6. The van der Waals surface area contributed by atoms with Gasteiger partial charge < -0.3 is 20.3 Å². The lowest BCUT2D eigenvalue weighted by molar-refractivity contribution is -0.133. The van der Waals surface area contributed by atoms with Crippen molar-refractivity contribution < 1.29 is 14.3 Å². The number of amides is 3. The zero-order chi connectivity index (χ0) is 21.3. The first-order chi connectivity index (χ1) is 15.1. The van der Waals surface area contributed by atoms with Gasteiger partial charge in [-0.05, 0) is 73.0 Å². The first-order valence-electron chi connectivity index (χ1n) is 11.9. The molecule has 1 aliphatic carbocycles. The summed E-state index contributed by atoms with van der Waals surface area (Å²) in [6, 6.07) is -0.0148. The van der Waals surface area contributed by atoms with Crippen molar-refractivity contribution in [2.24, 2.45) is 17.3 Å². The van der Waals surface area contributed by atoms with Gasteiger partial charge in [-0.25, -0.2) is 4.79 Å². The molecule has 0 aromatic heterocycles. The van der Waals surface area contributed by atoms with E-state index in [1.807, 2.05) is 24.7 Å². The van der Waals surface area contributed by atoms with Crippen LogP contribution in [-0.4, -0.2) is 61.1 Å². The quantitative estimate of drug-likeness (QED) is 0.709. The molecule has 4 aliphatic heterocycles. The van der Waals surface area contributed by atoms with Crippen molar-refractivity contribution in [2.75, 3.05) is 39.4 Å². The Labute approximate surface area is 184 Å². The Kier molecular flexibility index (Phi) is 5.78. The zero-order valence-corrected chi connectivity index (χ0v) is 18.3. The Balaban J connectivity index is 1.02. The van der Waals surface area contributed by atoms with Crippen LogP contribution in [0.5, 0.6) is 0 Å². The summed E-state index contributed by atoms with van der Waals surface area (Å²) in [4.78, 5) is 29.0. The Hall–Kier alpha value is -2.28. The number of nitrogens with one attached hydrogen (secondary N) is 2. The monoisotopic (exact) mass is 426 g/mol. The molecule has 7 heteroatoms. The second-order valence-electron chi connectivity index (χ2n) is 9.81. The van der Waals surface area contributed by atoms with E-state index in [1.165, 1.54) is 6.42 Å². The van der Waals surface area contributed by atoms with Crippen LogP contribution in [-0.2, 0) is 9.53 Å². The van der Waals surface area contributed by atoms with Crippen LogP contribution in [0.15, 0.2) is 35.8 Å². The Morgan fingerprint density at radius 1 is 1.23 bits per heavy atom. The highest BCUT2D eigenvalue weighted by Crippen LogP contribution is 2.59. The fourth-order valence-electron chi connectivity index (χ4n) is 5.63. The predicted octanol–water partition coefficient (Wildman–Crippen LogP) is 2.73. The van der Waals surface area contributed by atoms with E-state index in [9.17, 15) is 9.59 Å². The molecule has 7 nitrogen and oxygen atoms in total. The Morgan fingerprint density at radius 3 is 2.81 bits per heavy atom. The molecular formula is C24H34N4O3. The molecule has 1 atom stereocenters. The number of allylic oxidation sites excluding steroid dienone is 1. The minimum absolute atomic E-state index is 0.0148. The lowest BCUT2D eigenvalue weighted by atomic mass is 9.90. The number of dihydropyridines is 1. The molecule has 0 radical (unpaired) electrons. The molecule has 5 rings (SSSR count). The maximum Gasteiger partial charge on any atom is 0.321 e. The molecule has 168 valence electrons. The summed E-state index contributed by atoms with van der Waals surface area (Å²) >= 11 is 0. The fourth-order valence-corrected chi connectivity index (χ4v) is 5.63. The average Bonchev–Trinajstić information content (AvgIpc) is 3.28. The van der Waals surface area contributed by atoms with Crippen LogP contribution in [0.1, 0.15) is 44.9 Å². The number of fused-ring (bicyclic) bond motifs is 1. The van der Waals surface area contributed by atoms with Gasteiger partial charge in [0.25, 0.3) is 0 Å². The smallest absolute Gasteiger partial charge is 0.321 e. The van der Waals surface area contributed by atoms with Crippen molar-refractivity contribution in [2.45, 2.75) is 44.9 Å². The number of carbonyl (C=O) groups excluding carboxylic acids is 2. The SMILES string of the molecule is O=C(NCC1CC12CCN(C(=O)CCC1CCOCC1)CC2)N1C=C2C=CNC=C2C1. The van der Waals surface area contributed by atoms with Gasteiger partial charge in [0, 0.05) is 57.9 Å². The second-order valence-corrected chi connectivity index (χ2v) is 9.81. The summed E-state index contributed by atoms with van der Waals surface area (Å²) in [6.45, 7) is 4.82. The summed E-state index contributed by atoms with van der Waals surface area (Å²) in [5, 5.41) is 6.21. The van der Waals surface area contributed by atoms with Crippen LogP contribution in [0.3, 0.4) is 0 Å². The number of piperidine rings is 1. The zero-order valence-electron chi connectivity index (χ0n) is 18.3. The van der Waals surface area contributed by atoms with Crippen molar-refractivity contribution in [1.82, 2.24) is 20.4 Å². The topological polar surface area (TPSA) is 73.9 Å². The standard InChI is InChI=1S/C24H34N4O3/c29-22(2-1-18-4-11-31-12-5-18)27-9-6-24(7-10-27)13-21(24)15-26-23(30)28-16-19-3-8-25-14-20(19)17-28/h3,8,14,16,18,21,25H,1-2,4-7,9-13,15,17H2,(H,26,30). The van der Waals surface area contributed by atoms with E-state index in [0.717, 1.165) is 76.1 Å². The number of urea groups is 1. The van der Waals surface area contributed by atoms with Gasteiger partial charge in [-0.1, -0.05) is 0 Å². The van der Waals surface area contributed by atoms with Crippen LogP contribution in [0.25, 0.3) is 0 Å². The molecule has 0 aromatic rings. The van der Waals surface area contributed by atoms with Gasteiger partial charge in [-0.3, -0.25) is 9.69 Å². The van der Waals surface area contributed by atoms with Gasteiger partial charge in [0.05, 0.1) is 6.54 Å². The normalized spacial score (nSPS) is 26.8. The highest BCUT2D eigenvalue weighted by molar-refractivity contribution is 5.78. The van der Waals surface area contributed by atoms with Crippen LogP contribution in [0, 0.1) is 17.3 Å². The summed E-state index contributed by atoms with van der Waals surface area (Å²) in [6.07, 6.45) is 15.0. The summed E-state index contributed by atoms with van der Waals surface area (Å²) < 4.78 is 5.41. The van der Waals surface area contributed by atoms with Crippen LogP contribution < -0.4 is 10.6 Å². The molecule has 2 saturated heterocycles. The van der Waals surface area contributed by atoms with E-state index < -0.39 is 0 Å². The molecule has 4 heterocycles. The van der Waals surface area contributed by atoms with Gasteiger partial charge in [0.1, 0.15) is 0 Å². The number of likely N-dealkylation sites (tertiary alicyclic amines) is 1.